The SMILES string of the molecule is CCOC(=O)[C@](NC(=O)c1cccc(Cl)c1)([NH2+]Cc1ccccc1)C(F)(F)F. The van der Waals surface area contributed by atoms with Gasteiger partial charge in [0.05, 0.1) is 6.61 Å². The summed E-state index contributed by atoms with van der Waals surface area (Å²) >= 11 is 5.80. The molecule has 2 rings (SSSR count). The molecule has 2 aromatic carbocycles. The Kier molecular flexibility index (Phi) is 7.04. The van der Waals surface area contributed by atoms with Crippen molar-refractivity contribution >= 4 is 23.5 Å². The van der Waals surface area contributed by atoms with E-state index in [-0.39, 0.29) is 23.7 Å². The van der Waals surface area contributed by atoms with E-state index in [1.807, 2.05) is 5.32 Å². The first kappa shape index (κ1) is 21.7. The first-order chi connectivity index (χ1) is 13.2. The lowest BCUT2D eigenvalue weighted by atomic mass is 10.1. The second-order valence-corrected chi connectivity index (χ2v) is 6.32. The van der Waals surface area contributed by atoms with E-state index in [1.54, 1.807) is 30.3 Å². The maximum absolute atomic E-state index is 14.0. The molecule has 0 saturated carbocycles. The molecule has 0 saturated heterocycles. The van der Waals surface area contributed by atoms with Crippen LogP contribution < -0.4 is 10.6 Å². The summed E-state index contributed by atoms with van der Waals surface area (Å²) in [7, 11) is 0. The highest BCUT2D eigenvalue weighted by Crippen LogP contribution is 2.27. The van der Waals surface area contributed by atoms with Gasteiger partial charge in [-0.2, -0.15) is 13.2 Å². The Morgan fingerprint density at radius 3 is 2.36 bits per heavy atom. The summed E-state index contributed by atoms with van der Waals surface area (Å²) in [4.78, 5) is 24.8. The lowest BCUT2D eigenvalue weighted by Crippen LogP contribution is -3.06. The molecule has 2 aromatic rings. The molecule has 0 bridgehead atoms. The van der Waals surface area contributed by atoms with E-state index in [2.05, 4.69) is 4.74 Å². The maximum atomic E-state index is 14.0. The van der Waals surface area contributed by atoms with Crippen molar-refractivity contribution in [3.63, 3.8) is 0 Å². The van der Waals surface area contributed by atoms with Gasteiger partial charge in [0.2, 0.25) is 0 Å². The molecule has 150 valence electrons. The van der Waals surface area contributed by atoms with Gasteiger partial charge in [-0.1, -0.05) is 48.0 Å². The summed E-state index contributed by atoms with van der Waals surface area (Å²) in [5.74, 6) is -2.70. The van der Waals surface area contributed by atoms with Crippen LogP contribution in [0.4, 0.5) is 13.2 Å². The number of ether oxygens (including phenoxy) is 1. The van der Waals surface area contributed by atoms with Crippen molar-refractivity contribution in [2.75, 3.05) is 6.61 Å². The molecule has 0 radical (unpaired) electrons. The van der Waals surface area contributed by atoms with Crippen LogP contribution in [-0.2, 0) is 16.1 Å². The van der Waals surface area contributed by atoms with Gasteiger partial charge in [-0.15, -0.1) is 0 Å². The van der Waals surface area contributed by atoms with Gasteiger partial charge in [0.1, 0.15) is 6.54 Å². The Hall–Kier alpha value is -2.58. The largest absolute Gasteiger partial charge is 0.478 e. The molecule has 5 nitrogen and oxygen atoms in total. The van der Waals surface area contributed by atoms with Crippen LogP contribution in [0.3, 0.4) is 0 Å². The molecule has 0 aliphatic heterocycles. The number of esters is 1. The lowest BCUT2D eigenvalue weighted by Gasteiger charge is -2.31. The Bertz CT molecular complexity index is 831. The fourth-order valence-corrected chi connectivity index (χ4v) is 2.69. The van der Waals surface area contributed by atoms with E-state index in [4.69, 9.17) is 11.6 Å². The van der Waals surface area contributed by atoms with E-state index in [0.29, 0.717) is 10.9 Å². The standard InChI is InChI=1S/C19H18ClF3N2O3/c1-2-28-17(27)18(19(21,22)23,24-12-13-7-4-3-5-8-13)25-16(26)14-9-6-10-15(20)11-14/h3-11,24H,2,12H2,1H3,(H,25,26)/p+1/t18-/m1/s1. The minimum Gasteiger partial charge on any atom is -0.460 e. The number of nitrogens with two attached hydrogens (primary N) is 1. The van der Waals surface area contributed by atoms with Gasteiger partial charge in [-0.05, 0) is 25.1 Å². The Morgan fingerprint density at radius 2 is 1.79 bits per heavy atom. The summed E-state index contributed by atoms with van der Waals surface area (Å²) in [6.07, 6.45) is -5.12. The molecule has 0 aliphatic rings. The number of carbonyl (C=O) groups excluding carboxylic acids is 2. The fourth-order valence-electron chi connectivity index (χ4n) is 2.50. The van der Waals surface area contributed by atoms with Crippen LogP contribution in [0.1, 0.15) is 22.8 Å². The second-order valence-electron chi connectivity index (χ2n) is 5.88. The van der Waals surface area contributed by atoms with Crippen LogP contribution in [-0.4, -0.2) is 30.3 Å². The average molecular weight is 416 g/mol. The van der Waals surface area contributed by atoms with E-state index in [9.17, 15) is 22.8 Å². The molecule has 0 spiro atoms. The summed E-state index contributed by atoms with van der Waals surface area (Å²) in [5.41, 5.74) is -2.88. The third-order valence-electron chi connectivity index (χ3n) is 3.93. The summed E-state index contributed by atoms with van der Waals surface area (Å²) in [6, 6.07) is 13.7. The maximum Gasteiger partial charge on any atom is 0.478 e. The zero-order valence-corrected chi connectivity index (χ0v) is 15.7. The van der Waals surface area contributed by atoms with Gasteiger partial charge in [0.15, 0.2) is 0 Å². The van der Waals surface area contributed by atoms with Crippen LogP contribution in [0.2, 0.25) is 5.02 Å². The fraction of sp³-hybridized carbons (Fsp3) is 0.263. The normalized spacial score (nSPS) is 13.5. The summed E-state index contributed by atoms with van der Waals surface area (Å²) < 4.78 is 46.8. The number of amides is 1. The van der Waals surface area contributed by atoms with Gasteiger partial charge in [-0.25, -0.2) is 4.79 Å². The highest BCUT2D eigenvalue weighted by Gasteiger charge is 2.67. The Morgan fingerprint density at radius 1 is 1.11 bits per heavy atom. The first-order valence-corrected chi connectivity index (χ1v) is 8.77. The van der Waals surface area contributed by atoms with Crippen LogP contribution >= 0.6 is 11.6 Å². The van der Waals surface area contributed by atoms with Crippen LogP contribution in [0.25, 0.3) is 0 Å². The number of benzene rings is 2. The second kappa shape index (κ2) is 9.07. The van der Waals surface area contributed by atoms with Crippen LogP contribution in [0.5, 0.6) is 0 Å². The van der Waals surface area contributed by atoms with Crippen molar-refractivity contribution in [1.29, 1.82) is 0 Å². The highest BCUT2D eigenvalue weighted by molar-refractivity contribution is 6.31. The van der Waals surface area contributed by atoms with Gasteiger partial charge in [0.25, 0.3) is 5.91 Å². The quantitative estimate of drug-likeness (QED) is 0.539. The van der Waals surface area contributed by atoms with Crippen molar-refractivity contribution in [2.45, 2.75) is 25.3 Å². The van der Waals surface area contributed by atoms with Crippen molar-refractivity contribution in [3.05, 3.63) is 70.7 Å². The van der Waals surface area contributed by atoms with Gasteiger partial charge < -0.3 is 10.1 Å². The number of carbonyl (C=O) groups is 2. The van der Waals surface area contributed by atoms with E-state index < -0.39 is 23.7 Å². The Balaban J connectivity index is 2.40. The minimum absolute atomic E-state index is 0.112. The van der Waals surface area contributed by atoms with E-state index in [1.165, 1.54) is 31.2 Å². The molecule has 0 heterocycles. The zero-order valence-electron chi connectivity index (χ0n) is 14.9. The van der Waals surface area contributed by atoms with Gasteiger partial charge >= 0.3 is 17.8 Å². The third kappa shape index (κ3) is 5.02. The monoisotopic (exact) mass is 415 g/mol. The zero-order chi connectivity index (χ0) is 20.8. The van der Waals surface area contributed by atoms with Crippen LogP contribution in [0.15, 0.2) is 54.6 Å². The van der Waals surface area contributed by atoms with Gasteiger partial charge in [-0.3, -0.25) is 10.1 Å². The third-order valence-corrected chi connectivity index (χ3v) is 4.16. The summed E-state index contributed by atoms with van der Waals surface area (Å²) in [5, 5.41) is 2.70. The van der Waals surface area contributed by atoms with Gasteiger partial charge in [0, 0.05) is 16.1 Å². The number of halogens is 4. The minimum atomic E-state index is -5.12. The van der Waals surface area contributed by atoms with E-state index >= 15 is 0 Å². The van der Waals surface area contributed by atoms with Crippen molar-refractivity contribution in [2.24, 2.45) is 0 Å². The number of hydrogen-bond acceptors (Lipinski definition) is 3. The molecule has 0 aliphatic carbocycles. The Labute approximate surface area is 164 Å². The molecule has 28 heavy (non-hydrogen) atoms. The molecule has 1 amide bonds. The predicted molar refractivity (Wildman–Crippen MR) is 96.4 cm³/mol. The molecular weight excluding hydrogens is 397 g/mol. The smallest absolute Gasteiger partial charge is 0.460 e. The number of quaternary nitrogens is 1. The van der Waals surface area contributed by atoms with Crippen LogP contribution in [0, 0.1) is 0 Å². The highest BCUT2D eigenvalue weighted by atomic mass is 35.5. The summed E-state index contributed by atoms with van der Waals surface area (Å²) in [6.45, 7) is 0.896. The average Bonchev–Trinajstić information content (AvgIpc) is 2.65. The molecule has 3 N–H and O–H groups in total. The topological polar surface area (TPSA) is 72.0 Å². The number of nitrogens with one attached hydrogen (secondary N) is 1. The van der Waals surface area contributed by atoms with Crippen molar-refractivity contribution < 1.29 is 32.8 Å². The molecule has 9 heteroatoms. The number of alkyl halides is 3. The molecule has 0 unspecified atom stereocenters. The molecular formula is C19H19ClF3N2O3+. The first-order valence-electron chi connectivity index (χ1n) is 8.40. The lowest BCUT2D eigenvalue weighted by molar-refractivity contribution is -0.757. The van der Waals surface area contributed by atoms with Crippen molar-refractivity contribution in [3.8, 4) is 0 Å². The van der Waals surface area contributed by atoms with E-state index in [0.717, 1.165) is 0 Å². The number of hydrogen-bond donors (Lipinski definition) is 2. The predicted octanol–water partition coefficient (Wildman–Crippen LogP) is 2.66. The molecule has 0 fully saturated rings. The number of rotatable bonds is 7. The molecule has 0 aromatic heterocycles. The van der Waals surface area contributed by atoms with Crippen molar-refractivity contribution in [1.82, 2.24) is 5.32 Å². The molecule has 1 atom stereocenters.